The summed E-state index contributed by atoms with van der Waals surface area (Å²) < 4.78 is 19.2. The fraction of sp³-hybridized carbons (Fsp3) is 0.0769. The minimum absolute atomic E-state index is 0.00911. The molecule has 1 aromatic heterocycles. The number of hydrogen-bond donors (Lipinski definition) is 2. The van der Waals surface area contributed by atoms with Crippen LogP contribution in [0.3, 0.4) is 0 Å². The van der Waals surface area contributed by atoms with E-state index in [1.165, 1.54) is 6.20 Å². The summed E-state index contributed by atoms with van der Waals surface area (Å²) in [5.74, 6) is -2.01. The van der Waals surface area contributed by atoms with Crippen LogP contribution >= 0.6 is 11.6 Å². The molecular formula is C13H9ClFN3O3. The third-order valence-corrected chi connectivity index (χ3v) is 3.11. The minimum atomic E-state index is -0.830. The first-order chi connectivity index (χ1) is 9.90. The topological polar surface area (TPSA) is 101 Å². The van der Waals surface area contributed by atoms with Gasteiger partial charge in [-0.2, -0.15) is 5.26 Å². The number of carbonyl (C=O) groups excluding carboxylic acids is 1. The van der Waals surface area contributed by atoms with Crippen LogP contribution in [0, 0.1) is 17.1 Å². The van der Waals surface area contributed by atoms with Crippen molar-refractivity contribution in [1.82, 2.24) is 4.57 Å². The number of aromatic hydroxyl groups is 1. The Kier molecular flexibility index (Phi) is 3.74. The number of ether oxygens (including phenoxy) is 1. The largest absolute Gasteiger partial charge is 0.506 e. The van der Waals surface area contributed by atoms with Gasteiger partial charge in [-0.25, -0.2) is 9.18 Å². The van der Waals surface area contributed by atoms with Crippen LogP contribution in [-0.4, -0.2) is 22.8 Å². The predicted molar refractivity (Wildman–Crippen MR) is 72.9 cm³/mol. The van der Waals surface area contributed by atoms with Gasteiger partial charge in [0.2, 0.25) is 0 Å². The molecule has 1 aromatic carbocycles. The highest BCUT2D eigenvalue weighted by Gasteiger charge is 2.23. The van der Waals surface area contributed by atoms with Crippen LogP contribution in [0.4, 0.5) is 10.1 Å². The monoisotopic (exact) mass is 309 g/mol. The van der Waals surface area contributed by atoms with Gasteiger partial charge in [-0.3, -0.25) is 0 Å². The lowest BCUT2D eigenvalue weighted by atomic mass is 10.2. The molecule has 0 amide bonds. The maximum atomic E-state index is 13.6. The number of nitrogen functional groups attached to an aromatic ring is 1. The van der Waals surface area contributed by atoms with Crippen molar-refractivity contribution >= 4 is 23.3 Å². The van der Waals surface area contributed by atoms with Gasteiger partial charge in [-0.05, 0) is 0 Å². The first kappa shape index (κ1) is 14.7. The van der Waals surface area contributed by atoms with E-state index in [1.807, 2.05) is 0 Å². The zero-order valence-electron chi connectivity index (χ0n) is 10.7. The van der Waals surface area contributed by atoms with E-state index in [1.54, 1.807) is 6.07 Å². The molecule has 0 saturated carbocycles. The van der Waals surface area contributed by atoms with Gasteiger partial charge in [-0.15, -0.1) is 0 Å². The highest BCUT2D eigenvalue weighted by molar-refractivity contribution is 6.31. The lowest BCUT2D eigenvalue weighted by molar-refractivity contribution is 0.0593. The van der Waals surface area contributed by atoms with E-state index in [0.29, 0.717) is 0 Å². The first-order valence-corrected chi connectivity index (χ1v) is 5.96. The maximum absolute atomic E-state index is 13.6. The quantitative estimate of drug-likeness (QED) is 0.828. The van der Waals surface area contributed by atoms with E-state index in [9.17, 15) is 14.3 Å². The number of aromatic nitrogens is 1. The molecule has 0 spiro atoms. The second-order valence-electron chi connectivity index (χ2n) is 4.03. The molecule has 0 aliphatic rings. The van der Waals surface area contributed by atoms with Crippen molar-refractivity contribution in [3.8, 4) is 17.5 Å². The van der Waals surface area contributed by atoms with Crippen LogP contribution in [0.15, 0.2) is 18.3 Å². The molecule has 6 nitrogen and oxygen atoms in total. The zero-order chi connectivity index (χ0) is 15.7. The van der Waals surface area contributed by atoms with Gasteiger partial charge in [0, 0.05) is 18.3 Å². The zero-order valence-corrected chi connectivity index (χ0v) is 11.5. The number of carbonyl (C=O) groups is 1. The van der Waals surface area contributed by atoms with Crippen LogP contribution in [0.1, 0.15) is 16.1 Å². The number of nitrogens with zero attached hydrogens (tertiary/aromatic N) is 2. The van der Waals surface area contributed by atoms with E-state index in [-0.39, 0.29) is 33.4 Å². The molecular weight excluding hydrogens is 301 g/mol. The van der Waals surface area contributed by atoms with Crippen molar-refractivity contribution < 1.29 is 19.0 Å². The minimum Gasteiger partial charge on any atom is -0.506 e. The van der Waals surface area contributed by atoms with Gasteiger partial charge in [0.05, 0.1) is 29.1 Å². The molecule has 108 valence electrons. The first-order valence-electron chi connectivity index (χ1n) is 5.58. The standard InChI is InChI=1S/C13H9ClFN3O3/c1-21-13(20)12-11(17)6(4-16)5-18(12)9-3-8(15)7(14)2-10(9)19/h2-3,5,19H,17H2,1H3. The molecule has 2 rings (SSSR count). The summed E-state index contributed by atoms with van der Waals surface area (Å²) in [7, 11) is 1.13. The van der Waals surface area contributed by atoms with Crippen molar-refractivity contribution in [1.29, 1.82) is 5.26 Å². The smallest absolute Gasteiger partial charge is 0.357 e. The Bertz CT molecular complexity index is 780. The summed E-state index contributed by atoms with van der Waals surface area (Å²) in [5.41, 5.74) is 5.29. The lowest BCUT2D eigenvalue weighted by Crippen LogP contribution is -2.11. The van der Waals surface area contributed by atoms with E-state index >= 15 is 0 Å². The number of phenolic OH excluding ortho intramolecular Hbond substituents is 1. The number of nitriles is 1. The molecule has 0 unspecified atom stereocenters. The number of hydrogen-bond acceptors (Lipinski definition) is 5. The molecule has 0 fully saturated rings. The van der Waals surface area contributed by atoms with Crippen molar-refractivity contribution in [3.63, 3.8) is 0 Å². The number of benzene rings is 1. The number of rotatable bonds is 2. The lowest BCUT2D eigenvalue weighted by Gasteiger charge is -2.11. The van der Waals surface area contributed by atoms with Crippen molar-refractivity contribution in [2.45, 2.75) is 0 Å². The molecule has 0 atom stereocenters. The van der Waals surface area contributed by atoms with Gasteiger partial charge in [-0.1, -0.05) is 11.6 Å². The van der Waals surface area contributed by atoms with E-state index in [2.05, 4.69) is 4.74 Å². The molecule has 3 N–H and O–H groups in total. The second kappa shape index (κ2) is 5.34. The summed E-state index contributed by atoms with van der Waals surface area (Å²) in [6.07, 6.45) is 1.20. The molecule has 0 aliphatic heterocycles. The van der Waals surface area contributed by atoms with Crippen LogP contribution < -0.4 is 5.73 Å². The highest BCUT2D eigenvalue weighted by atomic mass is 35.5. The van der Waals surface area contributed by atoms with Gasteiger partial charge in [0.15, 0.2) is 5.69 Å². The Morgan fingerprint density at radius 1 is 1.57 bits per heavy atom. The Hall–Kier alpha value is -2.72. The van der Waals surface area contributed by atoms with Crippen LogP contribution in [-0.2, 0) is 4.74 Å². The highest BCUT2D eigenvalue weighted by Crippen LogP contribution is 2.32. The van der Waals surface area contributed by atoms with E-state index in [4.69, 9.17) is 22.6 Å². The van der Waals surface area contributed by atoms with Gasteiger partial charge < -0.3 is 20.1 Å². The predicted octanol–water partition coefficient (Wildman–Crippen LogP) is 2.22. The van der Waals surface area contributed by atoms with Crippen LogP contribution in [0.2, 0.25) is 5.02 Å². The Morgan fingerprint density at radius 2 is 2.24 bits per heavy atom. The normalized spacial score (nSPS) is 10.2. The molecule has 2 aromatic rings. The third kappa shape index (κ3) is 2.37. The fourth-order valence-electron chi connectivity index (χ4n) is 1.82. The summed E-state index contributed by atoms with van der Waals surface area (Å²) >= 11 is 5.55. The van der Waals surface area contributed by atoms with E-state index in [0.717, 1.165) is 23.8 Å². The number of methoxy groups -OCH3 is 1. The molecule has 0 radical (unpaired) electrons. The van der Waals surface area contributed by atoms with Crippen molar-refractivity contribution in [3.05, 3.63) is 40.4 Å². The average molecular weight is 310 g/mol. The van der Waals surface area contributed by atoms with Crippen molar-refractivity contribution in [2.75, 3.05) is 12.8 Å². The van der Waals surface area contributed by atoms with Crippen LogP contribution in [0.5, 0.6) is 5.75 Å². The SMILES string of the molecule is COC(=O)c1c(N)c(C#N)cn1-c1cc(F)c(Cl)cc1O. The van der Waals surface area contributed by atoms with Crippen LogP contribution in [0.25, 0.3) is 5.69 Å². The molecule has 0 aliphatic carbocycles. The number of nitrogens with two attached hydrogens (primary N) is 1. The molecule has 0 bridgehead atoms. The fourth-order valence-corrected chi connectivity index (χ4v) is 1.98. The maximum Gasteiger partial charge on any atom is 0.357 e. The summed E-state index contributed by atoms with van der Waals surface area (Å²) in [6, 6.07) is 3.70. The summed E-state index contributed by atoms with van der Waals surface area (Å²) in [6.45, 7) is 0. The van der Waals surface area contributed by atoms with Gasteiger partial charge in [0.1, 0.15) is 17.6 Å². The third-order valence-electron chi connectivity index (χ3n) is 2.82. The van der Waals surface area contributed by atoms with Gasteiger partial charge in [0.25, 0.3) is 0 Å². The summed E-state index contributed by atoms with van der Waals surface area (Å²) in [4.78, 5) is 11.8. The Balaban J connectivity index is 2.78. The van der Waals surface area contributed by atoms with Crippen molar-refractivity contribution in [2.24, 2.45) is 0 Å². The van der Waals surface area contributed by atoms with E-state index < -0.39 is 11.8 Å². The second-order valence-corrected chi connectivity index (χ2v) is 4.44. The number of halogens is 2. The molecule has 8 heteroatoms. The molecule has 1 heterocycles. The Morgan fingerprint density at radius 3 is 2.81 bits per heavy atom. The number of esters is 1. The number of anilines is 1. The number of phenols is 1. The Labute approximate surface area is 123 Å². The van der Waals surface area contributed by atoms with Gasteiger partial charge >= 0.3 is 5.97 Å². The molecule has 0 saturated heterocycles. The summed E-state index contributed by atoms with van der Waals surface area (Å²) in [5, 5.41) is 18.6. The average Bonchev–Trinajstić information content (AvgIpc) is 2.78. The molecule has 21 heavy (non-hydrogen) atoms.